The minimum atomic E-state index is -3.57. The molecule has 0 spiro atoms. The summed E-state index contributed by atoms with van der Waals surface area (Å²) in [6, 6.07) is 8.20. The monoisotopic (exact) mass is 315 g/mol. The first-order valence-electron chi connectivity index (χ1n) is 5.66. The van der Waals surface area contributed by atoms with Gasteiger partial charge in [0.05, 0.1) is 4.90 Å². The van der Waals surface area contributed by atoms with Crippen molar-refractivity contribution >= 4 is 38.3 Å². The number of thioether (sulfide) groups is 1. The van der Waals surface area contributed by atoms with E-state index in [9.17, 15) is 8.42 Å². The van der Waals surface area contributed by atoms with E-state index in [1.54, 1.807) is 30.0 Å². The summed E-state index contributed by atoms with van der Waals surface area (Å²) < 4.78 is 27.3. The van der Waals surface area contributed by atoms with Gasteiger partial charge < -0.3 is 0 Å². The van der Waals surface area contributed by atoms with Gasteiger partial charge in [0.25, 0.3) is 10.0 Å². The van der Waals surface area contributed by atoms with Crippen molar-refractivity contribution in [2.24, 2.45) is 0 Å². The number of hydrogen-bond donors (Lipinski definition) is 1. The third-order valence-corrected chi connectivity index (χ3v) is 5.77. The van der Waals surface area contributed by atoms with E-state index in [1.165, 1.54) is 23.5 Å². The zero-order chi connectivity index (χ0) is 13.7. The molecule has 2 rings (SSSR count). The molecular weight excluding hydrogens is 302 g/mol. The quantitative estimate of drug-likeness (QED) is 0.830. The highest BCUT2D eigenvalue weighted by Gasteiger charge is 2.16. The van der Waals surface area contributed by atoms with E-state index < -0.39 is 10.0 Å². The number of rotatable bonds is 6. The number of sulfonamides is 1. The lowest BCUT2D eigenvalue weighted by molar-refractivity contribution is 0.601. The Morgan fingerprint density at radius 1 is 1.26 bits per heavy atom. The Bertz CT molecular complexity index is 626. The Labute approximate surface area is 120 Å². The van der Waals surface area contributed by atoms with Crippen LogP contribution >= 0.6 is 23.1 Å². The molecular formula is C11H13N3O2S3. The summed E-state index contributed by atoms with van der Waals surface area (Å²) in [5, 5.41) is 8.07. The molecule has 0 radical (unpaired) electrons. The Balaban J connectivity index is 2.10. The van der Waals surface area contributed by atoms with Gasteiger partial charge in [-0.2, -0.15) is 0 Å². The molecule has 19 heavy (non-hydrogen) atoms. The van der Waals surface area contributed by atoms with Crippen molar-refractivity contribution in [1.82, 2.24) is 10.2 Å². The first kappa shape index (κ1) is 14.3. The predicted molar refractivity (Wildman–Crippen MR) is 78.2 cm³/mol. The summed E-state index contributed by atoms with van der Waals surface area (Å²) in [5.41, 5.74) is 0. The van der Waals surface area contributed by atoms with Crippen LogP contribution in [0.2, 0.25) is 0 Å². The van der Waals surface area contributed by atoms with Crippen LogP contribution in [0.3, 0.4) is 0 Å². The molecule has 1 aromatic carbocycles. The summed E-state index contributed by atoms with van der Waals surface area (Å²) >= 11 is 2.82. The fourth-order valence-electron chi connectivity index (χ4n) is 1.27. The van der Waals surface area contributed by atoms with Crippen molar-refractivity contribution in [2.45, 2.75) is 22.6 Å². The second-order valence-electron chi connectivity index (χ2n) is 3.64. The van der Waals surface area contributed by atoms with Crippen molar-refractivity contribution < 1.29 is 8.42 Å². The van der Waals surface area contributed by atoms with Gasteiger partial charge in [0.15, 0.2) is 4.34 Å². The molecule has 0 saturated carbocycles. The highest BCUT2D eigenvalue weighted by molar-refractivity contribution is 8.01. The third-order valence-electron chi connectivity index (χ3n) is 2.11. The molecule has 1 heterocycles. The van der Waals surface area contributed by atoms with Crippen LogP contribution in [0.4, 0.5) is 5.13 Å². The maximum absolute atomic E-state index is 12.0. The summed E-state index contributed by atoms with van der Waals surface area (Å²) in [6.45, 7) is 2.08. The van der Waals surface area contributed by atoms with Gasteiger partial charge in [0.2, 0.25) is 5.13 Å². The zero-order valence-corrected chi connectivity index (χ0v) is 12.7. The van der Waals surface area contributed by atoms with Crippen LogP contribution < -0.4 is 4.72 Å². The molecule has 0 aliphatic rings. The largest absolute Gasteiger partial charge is 0.263 e. The minimum absolute atomic E-state index is 0.216. The van der Waals surface area contributed by atoms with E-state index >= 15 is 0 Å². The van der Waals surface area contributed by atoms with Crippen LogP contribution in [0.1, 0.15) is 13.3 Å². The maximum atomic E-state index is 12.0. The average Bonchev–Trinajstić information content (AvgIpc) is 2.84. The van der Waals surface area contributed by atoms with Crippen LogP contribution in [0.25, 0.3) is 0 Å². The molecule has 0 saturated heterocycles. The van der Waals surface area contributed by atoms with Gasteiger partial charge in [-0.1, -0.05) is 48.2 Å². The lowest BCUT2D eigenvalue weighted by atomic mass is 10.4. The van der Waals surface area contributed by atoms with Crippen molar-refractivity contribution in [3.63, 3.8) is 0 Å². The summed E-state index contributed by atoms with van der Waals surface area (Å²) in [4.78, 5) is 0.216. The van der Waals surface area contributed by atoms with Crippen molar-refractivity contribution in [1.29, 1.82) is 0 Å². The summed E-state index contributed by atoms with van der Waals surface area (Å²) in [7, 11) is -3.57. The normalized spacial score (nSPS) is 11.4. The van der Waals surface area contributed by atoms with E-state index in [0.717, 1.165) is 16.5 Å². The topological polar surface area (TPSA) is 72.0 Å². The second kappa shape index (κ2) is 6.36. The molecule has 5 nitrogen and oxygen atoms in total. The first-order chi connectivity index (χ1) is 9.12. The van der Waals surface area contributed by atoms with Gasteiger partial charge in [0, 0.05) is 5.75 Å². The molecule has 0 unspecified atom stereocenters. The number of nitrogens with zero attached hydrogens (tertiary/aromatic N) is 2. The Morgan fingerprint density at radius 3 is 2.68 bits per heavy atom. The van der Waals surface area contributed by atoms with Crippen LogP contribution in [-0.2, 0) is 10.0 Å². The van der Waals surface area contributed by atoms with Gasteiger partial charge >= 0.3 is 0 Å². The highest BCUT2D eigenvalue weighted by Crippen LogP contribution is 2.27. The van der Waals surface area contributed by atoms with Gasteiger partial charge in [-0.25, -0.2) is 8.42 Å². The third kappa shape index (κ3) is 3.92. The van der Waals surface area contributed by atoms with Gasteiger partial charge in [-0.15, -0.1) is 10.2 Å². The fraction of sp³-hybridized carbons (Fsp3) is 0.273. The van der Waals surface area contributed by atoms with E-state index in [1.807, 2.05) is 0 Å². The Kier molecular flexibility index (Phi) is 4.78. The first-order valence-corrected chi connectivity index (χ1v) is 8.94. The predicted octanol–water partition coefficient (Wildman–Crippen LogP) is 2.84. The van der Waals surface area contributed by atoms with Crippen molar-refractivity contribution in [3.05, 3.63) is 30.3 Å². The summed E-state index contributed by atoms with van der Waals surface area (Å²) in [6.07, 6.45) is 1.04. The van der Waals surface area contributed by atoms with Crippen molar-refractivity contribution in [3.8, 4) is 0 Å². The van der Waals surface area contributed by atoms with E-state index in [0.29, 0.717) is 5.13 Å². The van der Waals surface area contributed by atoms with Crippen LogP contribution in [0.15, 0.2) is 39.6 Å². The molecule has 0 aliphatic heterocycles. The number of anilines is 1. The van der Waals surface area contributed by atoms with E-state index in [2.05, 4.69) is 21.8 Å². The van der Waals surface area contributed by atoms with Crippen LogP contribution in [0, 0.1) is 0 Å². The van der Waals surface area contributed by atoms with Crippen molar-refractivity contribution in [2.75, 3.05) is 10.5 Å². The van der Waals surface area contributed by atoms with Crippen LogP contribution in [-0.4, -0.2) is 24.4 Å². The Hall–Kier alpha value is -1.12. The average molecular weight is 315 g/mol. The number of hydrogen-bond acceptors (Lipinski definition) is 6. The van der Waals surface area contributed by atoms with Gasteiger partial charge in [-0.05, 0) is 18.6 Å². The molecule has 0 aliphatic carbocycles. The zero-order valence-electron chi connectivity index (χ0n) is 10.2. The molecule has 0 fully saturated rings. The highest BCUT2D eigenvalue weighted by atomic mass is 32.2. The van der Waals surface area contributed by atoms with E-state index in [4.69, 9.17) is 0 Å². The van der Waals surface area contributed by atoms with Gasteiger partial charge in [-0.3, -0.25) is 4.72 Å². The minimum Gasteiger partial charge on any atom is -0.253 e. The molecule has 0 bridgehead atoms. The molecule has 102 valence electrons. The molecule has 8 heteroatoms. The smallest absolute Gasteiger partial charge is 0.253 e. The molecule has 1 N–H and O–H groups in total. The maximum Gasteiger partial charge on any atom is 0.263 e. The number of nitrogens with one attached hydrogen (secondary N) is 1. The second-order valence-corrected chi connectivity index (χ2v) is 7.64. The summed E-state index contributed by atoms with van der Waals surface area (Å²) in [5.74, 6) is 0.945. The standard InChI is InChI=1S/C11H13N3O2S3/c1-2-8-17-11-13-12-10(18-11)14-19(15,16)9-6-4-3-5-7-9/h3-7H,2,8H2,1H3,(H,12,14). The van der Waals surface area contributed by atoms with E-state index in [-0.39, 0.29) is 4.90 Å². The van der Waals surface area contributed by atoms with Crippen LogP contribution in [0.5, 0.6) is 0 Å². The number of aromatic nitrogens is 2. The molecule has 0 amide bonds. The SMILES string of the molecule is CCCSc1nnc(NS(=O)(=O)c2ccccc2)s1. The number of benzene rings is 1. The molecule has 2 aromatic rings. The Morgan fingerprint density at radius 2 is 2.00 bits per heavy atom. The molecule has 0 atom stereocenters. The fourth-order valence-corrected chi connectivity index (χ4v) is 4.20. The lowest BCUT2D eigenvalue weighted by Crippen LogP contribution is -2.12. The van der Waals surface area contributed by atoms with Gasteiger partial charge in [0.1, 0.15) is 0 Å². The molecule has 1 aromatic heterocycles. The lowest BCUT2D eigenvalue weighted by Gasteiger charge is -2.03.